The molecule has 0 aliphatic carbocycles. The molecule has 0 heterocycles. The van der Waals surface area contributed by atoms with E-state index in [0.29, 0.717) is 11.3 Å². The first-order valence-corrected chi connectivity index (χ1v) is 10.6. The highest BCUT2D eigenvalue weighted by atomic mass is 32.2. The van der Waals surface area contributed by atoms with Crippen molar-refractivity contribution in [2.24, 2.45) is 0 Å². The van der Waals surface area contributed by atoms with Gasteiger partial charge in [-0.1, -0.05) is 12.1 Å². The molecule has 2 rings (SSSR count). The van der Waals surface area contributed by atoms with Crippen molar-refractivity contribution in [1.82, 2.24) is 0 Å². The molecule has 0 atom stereocenters. The van der Waals surface area contributed by atoms with Crippen LogP contribution in [0.5, 0.6) is 11.5 Å². The summed E-state index contributed by atoms with van der Waals surface area (Å²) in [5.41, 5.74) is 0.354. The van der Waals surface area contributed by atoms with E-state index < -0.39 is 23.6 Å². The lowest BCUT2D eigenvalue weighted by Gasteiger charge is -2.13. The normalized spacial score (nSPS) is 12.0. The predicted octanol–water partition coefficient (Wildman–Crippen LogP) is 2.60. The Kier molecular flexibility index (Phi) is 5.90. The van der Waals surface area contributed by atoms with E-state index in [2.05, 4.69) is 0 Å². The van der Waals surface area contributed by atoms with Crippen LogP contribution in [0.2, 0.25) is 0 Å². The third kappa shape index (κ3) is 4.83. The topological polar surface area (TPSA) is 110 Å². The largest absolute Gasteiger partial charge is 0.497 e. The second kappa shape index (κ2) is 7.58. The van der Waals surface area contributed by atoms with Crippen molar-refractivity contribution in [1.29, 1.82) is 0 Å². The van der Waals surface area contributed by atoms with Crippen molar-refractivity contribution in [3.8, 4) is 11.5 Å². The monoisotopic (exact) mass is 386 g/mol. The van der Waals surface area contributed by atoms with Gasteiger partial charge in [0.1, 0.15) is 16.4 Å². The molecule has 0 fully saturated rings. The molecule has 2 aromatic carbocycles. The minimum Gasteiger partial charge on any atom is -0.497 e. The quantitative estimate of drug-likeness (QED) is 0.704. The molecule has 0 saturated heterocycles. The Hall–Kier alpha value is -1.86. The maximum absolute atomic E-state index is 12.9. The molecule has 0 amide bonds. The molecule has 0 unspecified atom stereocenters. The second-order valence-corrected chi connectivity index (χ2v) is 8.78. The Morgan fingerprint density at radius 2 is 1.72 bits per heavy atom. The summed E-state index contributed by atoms with van der Waals surface area (Å²) in [7, 11) is -6.59. The van der Waals surface area contributed by atoms with E-state index in [0.717, 1.165) is 0 Å². The third-order valence-corrected chi connectivity index (χ3v) is 5.95. The molecule has 0 bridgehead atoms. The van der Waals surface area contributed by atoms with Gasteiger partial charge in [-0.3, -0.25) is 4.57 Å². The average Bonchev–Trinajstić information content (AvgIpc) is 2.54. The smallest absolute Gasteiger partial charge is 0.329 e. The summed E-state index contributed by atoms with van der Waals surface area (Å²) < 4.78 is 47.2. The summed E-state index contributed by atoms with van der Waals surface area (Å²) in [6, 6.07) is 9.84. The number of hydrogen-bond acceptors (Lipinski definition) is 5. The number of ether oxygens (including phenoxy) is 2. The highest BCUT2D eigenvalue weighted by Gasteiger charge is 2.23. The fourth-order valence-corrected chi connectivity index (χ4v) is 4.31. The van der Waals surface area contributed by atoms with E-state index in [9.17, 15) is 13.0 Å². The van der Waals surface area contributed by atoms with Gasteiger partial charge in [-0.05, 0) is 36.8 Å². The summed E-state index contributed by atoms with van der Waals surface area (Å²) in [5.74, 6) is 0.653. The number of benzene rings is 2. The Morgan fingerprint density at radius 1 is 1.08 bits per heavy atom. The fourth-order valence-electron chi connectivity index (χ4n) is 2.24. The molecule has 0 saturated carbocycles. The van der Waals surface area contributed by atoms with E-state index in [4.69, 9.17) is 19.3 Å². The lowest BCUT2D eigenvalue weighted by Crippen LogP contribution is -2.06. The number of rotatable bonds is 7. The van der Waals surface area contributed by atoms with Gasteiger partial charge < -0.3 is 19.3 Å². The van der Waals surface area contributed by atoms with Crippen LogP contribution in [-0.2, 0) is 20.6 Å². The van der Waals surface area contributed by atoms with Crippen LogP contribution in [0.1, 0.15) is 12.5 Å². The Morgan fingerprint density at radius 3 is 2.24 bits per heavy atom. The molecular weight excluding hydrogens is 367 g/mol. The van der Waals surface area contributed by atoms with E-state index in [1.54, 1.807) is 6.92 Å². The van der Waals surface area contributed by atoms with Gasteiger partial charge >= 0.3 is 7.60 Å². The van der Waals surface area contributed by atoms with Crippen LogP contribution in [0, 0.1) is 0 Å². The van der Waals surface area contributed by atoms with Gasteiger partial charge in [0.15, 0.2) is 0 Å². The summed E-state index contributed by atoms with van der Waals surface area (Å²) >= 11 is 0. The van der Waals surface area contributed by atoms with Gasteiger partial charge in [0, 0.05) is 6.07 Å². The zero-order chi connectivity index (χ0) is 18.7. The Bertz CT molecular complexity index is 885. The van der Waals surface area contributed by atoms with E-state index >= 15 is 0 Å². The molecule has 0 spiro atoms. The SMILES string of the molecule is CCOc1cc(OC)ccc1S(=O)(=O)c1ccc(CP(=O)(O)O)cc1. The van der Waals surface area contributed by atoms with Gasteiger partial charge in [-0.15, -0.1) is 0 Å². The van der Waals surface area contributed by atoms with Crippen molar-refractivity contribution in [3.05, 3.63) is 48.0 Å². The van der Waals surface area contributed by atoms with Crippen LogP contribution in [-0.4, -0.2) is 31.9 Å². The maximum atomic E-state index is 12.9. The lowest BCUT2D eigenvalue weighted by molar-refractivity contribution is 0.327. The Labute approximate surface area is 146 Å². The van der Waals surface area contributed by atoms with E-state index in [1.807, 2.05) is 0 Å². The zero-order valence-corrected chi connectivity index (χ0v) is 15.5. The van der Waals surface area contributed by atoms with Crippen molar-refractivity contribution < 1.29 is 32.2 Å². The number of hydrogen-bond donors (Lipinski definition) is 2. The lowest BCUT2D eigenvalue weighted by atomic mass is 10.2. The first-order chi connectivity index (χ1) is 11.7. The molecule has 0 aliphatic heterocycles. The molecule has 2 N–H and O–H groups in total. The van der Waals surface area contributed by atoms with Crippen LogP contribution in [0.3, 0.4) is 0 Å². The molecular formula is C16H19O7PS. The molecule has 25 heavy (non-hydrogen) atoms. The van der Waals surface area contributed by atoms with Crippen molar-refractivity contribution >= 4 is 17.4 Å². The molecule has 0 aromatic heterocycles. The van der Waals surface area contributed by atoms with Crippen LogP contribution in [0.4, 0.5) is 0 Å². The van der Waals surface area contributed by atoms with Crippen LogP contribution in [0.25, 0.3) is 0 Å². The molecule has 0 aliphatic rings. The Balaban J connectivity index is 2.43. The van der Waals surface area contributed by atoms with Crippen molar-refractivity contribution in [2.75, 3.05) is 13.7 Å². The summed E-state index contributed by atoms with van der Waals surface area (Å²) in [5, 5.41) is 0. The van der Waals surface area contributed by atoms with Crippen LogP contribution < -0.4 is 9.47 Å². The third-order valence-electron chi connectivity index (χ3n) is 3.36. The van der Waals surface area contributed by atoms with Crippen LogP contribution >= 0.6 is 7.60 Å². The second-order valence-electron chi connectivity index (χ2n) is 5.22. The summed E-state index contributed by atoms with van der Waals surface area (Å²) in [4.78, 5) is 18.0. The fraction of sp³-hybridized carbons (Fsp3) is 0.250. The first-order valence-electron chi connectivity index (χ1n) is 7.37. The van der Waals surface area contributed by atoms with Gasteiger partial charge in [-0.2, -0.15) is 0 Å². The number of methoxy groups -OCH3 is 1. The highest BCUT2D eigenvalue weighted by Crippen LogP contribution is 2.39. The predicted molar refractivity (Wildman–Crippen MR) is 91.8 cm³/mol. The minimum atomic E-state index is -4.21. The highest BCUT2D eigenvalue weighted by molar-refractivity contribution is 7.91. The summed E-state index contributed by atoms with van der Waals surface area (Å²) in [6.45, 7) is 2.03. The molecule has 0 radical (unpaired) electrons. The van der Waals surface area contributed by atoms with Crippen molar-refractivity contribution in [3.63, 3.8) is 0 Å². The van der Waals surface area contributed by atoms with Gasteiger partial charge in [-0.25, -0.2) is 8.42 Å². The standard InChI is InChI=1S/C16H19O7PS/c1-3-23-15-10-13(22-2)6-9-16(15)25(20,21)14-7-4-12(5-8-14)11-24(17,18)19/h4-10H,3,11H2,1-2H3,(H2,17,18,19). The van der Waals surface area contributed by atoms with Gasteiger partial charge in [0.2, 0.25) is 9.84 Å². The van der Waals surface area contributed by atoms with Crippen LogP contribution in [0.15, 0.2) is 52.3 Å². The maximum Gasteiger partial charge on any atom is 0.329 e. The van der Waals surface area contributed by atoms with Gasteiger partial charge in [0.05, 0.1) is 24.8 Å². The number of sulfone groups is 1. The molecule has 2 aromatic rings. The molecule has 136 valence electrons. The molecule has 9 heteroatoms. The summed E-state index contributed by atoms with van der Waals surface area (Å²) in [6.07, 6.45) is -0.444. The first kappa shape index (κ1) is 19.5. The zero-order valence-electron chi connectivity index (χ0n) is 13.7. The molecule has 7 nitrogen and oxygen atoms in total. The van der Waals surface area contributed by atoms with Crippen molar-refractivity contribution in [2.45, 2.75) is 22.9 Å². The average molecular weight is 386 g/mol. The van der Waals surface area contributed by atoms with E-state index in [-0.39, 0.29) is 22.1 Å². The minimum absolute atomic E-state index is 0.00196. The van der Waals surface area contributed by atoms with E-state index in [1.165, 1.54) is 49.6 Å². The van der Waals surface area contributed by atoms with Gasteiger partial charge in [0.25, 0.3) is 0 Å².